The zero-order valence-electron chi connectivity index (χ0n) is 21.3. The monoisotopic (exact) mass is 498 g/mol. The van der Waals surface area contributed by atoms with Gasteiger partial charge in [0.05, 0.1) is 5.69 Å². The van der Waals surface area contributed by atoms with Crippen molar-refractivity contribution in [2.45, 2.75) is 60.8 Å². The Labute approximate surface area is 242 Å². The molecule has 0 bridgehead atoms. The Balaban J connectivity index is 0. The fourth-order valence-corrected chi connectivity index (χ4v) is 3.97. The summed E-state index contributed by atoms with van der Waals surface area (Å²) < 4.78 is 13.6. The minimum absolute atomic E-state index is 0. The van der Waals surface area contributed by atoms with Crippen molar-refractivity contribution in [1.82, 2.24) is 15.0 Å². The van der Waals surface area contributed by atoms with E-state index in [0.717, 1.165) is 28.6 Å². The second-order valence-electron chi connectivity index (χ2n) is 7.21. The molecule has 33 heavy (non-hydrogen) atoms. The van der Waals surface area contributed by atoms with E-state index < -0.39 is 11.2 Å². The molecule has 0 aliphatic rings. The Kier molecular flexibility index (Phi) is 17.2. The molecule has 0 amide bonds. The zero-order chi connectivity index (χ0) is 23.7. The minimum Gasteiger partial charge on any atom is -0.358 e. The number of hydrogen-bond acceptors (Lipinski definition) is 3. The Hall–Kier alpha value is -0.954. The van der Waals surface area contributed by atoms with Crippen LogP contribution < -0.4 is 62.6 Å². The number of aromatic nitrogens is 3. The first-order valence-corrected chi connectivity index (χ1v) is 11.0. The van der Waals surface area contributed by atoms with Crippen LogP contribution >= 0.6 is 8.86 Å². The summed E-state index contributed by atoms with van der Waals surface area (Å²) in [4.78, 5) is 32.1. The van der Waals surface area contributed by atoms with Gasteiger partial charge in [0.1, 0.15) is 5.82 Å². The Morgan fingerprint density at radius 2 is 1.88 bits per heavy atom. The van der Waals surface area contributed by atoms with Crippen molar-refractivity contribution in [3.8, 4) is 0 Å². The molecule has 176 valence electrons. The first kappa shape index (κ1) is 34.2. The molecule has 0 aliphatic heterocycles. The number of H-pyrrole nitrogens is 2. The van der Waals surface area contributed by atoms with Gasteiger partial charge >= 0.3 is 57.1 Å². The van der Waals surface area contributed by atoms with Gasteiger partial charge in [-0.2, -0.15) is 0 Å². The number of nitrogens with one attached hydrogen (secondary N) is 2. The van der Waals surface area contributed by atoms with E-state index in [4.69, 9.17) is 0 Å². The van der Waals surface area contributed by atoms with Crippen LogP contribution in [0.15, 0.2) is 45.1 Å². The zero-order valence-corrected chi connectivity index (χ0v) is 25.4. The van der Waals surface area contributed by atoms with Crippen molar-refractivity contribution in [3.05, 3.63) is 92.7 Å². The van der Waals surface area contributed by atoms with Crippen molar-refractivity contribution in [2.24, 2.45) is 5.92 Å². The summed E-state index contributed by atoms with van der Waals surface area (Å²) in [6, 6.07) is 3.17. The van der Waals surface area contributed by atoms with Gasteiger partial charge in [0.15, 0.2) is 5.56 Å². The van der Waals surface area contributed by atoms with Crippen LogP contribution in [0.2, 0.25) is 0 Å². The average molecular weight is 499 g/mol. The van der Waals surface area contributed by atoms with Crippen molar-refractivity contribution < 1.29 is 55.8 Å². The molecule has 0 saturated carbocycles. The van der Waals surface area contributed by atoms with E-state index in [2.05, 4.69) is 43.7 Å². The molecule has 0 aromatic carbocycles. The number of halogens is 1. The van der Waals surface area contributed by atoms with Crippen LogP contribution in [0.25, 0.3) is 0 Å². The van der Waals surface area contributed by atoms with Crippen LogP contribution in [-0.4, -0.2) is 20.2 Å². The summed E-state index contributed by atoms with van der Waals surface area (Å²) in [7, 11) is 3.81. The number of aromatic amines is 2. The molecule has 2 rings (SSSR count). The van der Waals surface area contributed by atoms with Crippen molar-refractivity contribution in [1.29, 1.82) is 0 Å². The van der Waals surface area contributed by atoms with Crippen LogP contribution in [0.1, 0.15) is 70.8 Å². The maximum Gasteiger partial charge on any atom is 1.00 e. The third-order valence-corrected chi connectivity index (χ3v) is 5.58. The van der Waals surface area contributed by atoms with E-state index in [0.29, 0.717) is 5.69 Å². The fourth-order valence-electron chi connectivity index (χ4n) is 3.19. The molecule has 2 heterocycles. The topological polar surface area (TPSA) is 78.6 Å². The SMILES string of the molecule is CC.CCC(C(=P)C(C=[C-]c1c[nH]c(=O)[nH]c1=O)=C(C)C)C(C)c1ccc(F)c(C)n1.[CH3-].[K+]. The van der Waals surface area contributed by atoms with Gasteiger partial charge in [-0.3, -0.25) is 4.98 Å². The molecule has 2 atom stereocenters. The molecule has 2 aromatic heterocycles. The molecular formula is C25H35FKN3O2P-. The molecule has 2 unspecified atom stereocenters. The van der Waals surface area contributed by atoms with Gasteiger partial charge in [-0.15, -0.1) is 26.6 Å². The summed E-state index contributed by atoms with van der Waals surface area (Å²) in [6.45, 7) is 13.8. The Morgan fingerprint density at radius 3 is 2.36 bits per heavy atom. The first-order chi connectivity index (χ1) is 14.6. The van der Waals surface area contributed by atoms with Gasteiger partial charge in [0.25, 0.3) is 0 Å². The number of nitrogens with zero attached hydrogens (tertiary/aromatic N) is 1. The van der Waals surface area contributed by atoms with Gasteiger partial charge in [0, 0.05) is 11.6 Å². The second-order valence-corrected chi connectivity index (χ2v) is 7.75. The number of pyridine rings is 1. The van der Waals surface area contributed by atoms with E-state index in [1.54, 1.807) is 19.1 Å². The number of rotatable bonds is 7. The van der Waals surface area contributed by atoms with Crippen LogP contribution in [0.4, 0.5) is 4.39 Å². The number of allylic oxidation sites excluding steroid dienone is 3. The summed E-state index contributed by atoms with van der Waals surface area (Å²) >= 11 is 0. The van der Waals surface area contributed by atoms with Crippen molar-refractivity contribution >= 4 is 14.2 Å². The molecule has 0 spiro atoms. The Morgan fingerprint density at radius 1 is 1.27 bits per heavy atom. The van der Waals surface area contributed by atoms with Crippen LogP contribution in [0, 0.1) is 32.2 Å². The first-order valence-electron chi connectivity index (χ1n) is 10.5. The minimum atomic E-state index is -0.558. The third kappa shape index (κ3) is 9.67. The summed E-state index contributed by atoms with van der Waals surface area (Å²) in [5, 5.41) is 0.956. The molecule has 5 nitrogen and oxygen atoms in total. The van der Waals surface area contributed by atoms with Gasteiger partial charge in [-0.25, -0.2) is 9.18 Å². The number of aryl methyl sites for hydroxylation is 1. The summed E-state index contributed by atoms with van der Waals surface area (Å²) in [6.07, 6.45) is 6.87. The van der Waals surface area contributed by atoms with E-state index in [-0.39, 0.29) is 82.0 Å². The normalized spacial score (nSPS) is 11.9. The van der Waals surface area contributed by atoms with Gasteiger partial charge < -0.3 is 22.2 Å². The smallest absolute Gasteiger partial charge is 0.358 e. The maximum atomic E-state index is 13.6. The largest absolute Gasteiger partial charge is 1.00 e. The van der Waals surface area contributed by atoms with Crippen LogP contribution in [0.5, 0.6) is 0 Å². The summed E-state index contributed by atoms with van der Waals surface area (Å²) in [5.41, 5.74) is 2.33. The van der Waals surface area contributed by atoms with Gasteiger partial charge in [0.2, 0.25) is 0 Å². The fraction of sp³-hybridized carbons (Fsp3) is 0.400. The molecule has 0 radical (unpaired) electrons. The van der Waals surface area contributed by atoms with Gasteiger partial charge in [-0.05, 0) is 31.4 Å². The molecule has 2 aromatic rings. The van der Waals surface area contributed by atoms with E-state index >= 15 is 0 Å². The quantitative estimate of drug-likeness (QED) is 0.267. The Bertz CT molecular complexity index is 1090. The van der Waals surface area contributed by atoms with Crippen LogP contribution in [0.3, 0.4) is 0 Å². The second kappa shape index (κ2) is 16.6. The molecule has 8 heteroatoms. The predicted molar refractivity (Wildman–Crippen MR) is 135 cm³/mol. The van der Waals surface area contributed by atoms with Crippen LogP contribution in [-0.2, 0) is 0 Å². The molecule has 2 N–H and O–H groups in total. The van der Waals surface area contributed by atoms with E-state index in [9.17, 15) is 14.0 Å². The molecule has 0 aliphatic carbocycles. The van der Waals surface area contributed by atoms with Gasteiger partial charge in [-0.1, -0.05) is 64.2 Å². The molecule has 0 fully saturated rings. The average Bonchev–Trinajstić information content (AvgIpc) is 2.73. The summed E-state index contributed by atoms with van der Waals surface area (Å²) in [5.74, 6) is -0.169. The van der Waals surface area contributed by atoms with Crippen molar-refractivity contribution in [2.75, 3.05) is 0 Å². The third-order valence-electron chi connectivity index (χ3n) is 4.94. The molecular weight excluding hydrogens is 463 g/mol. The maximum absolute atomic E-state index is 13.6. The molecule has 0 saturated heterocycles. The number of hydrogen-bond donors (Lipinski definition) is 2. The predicted octanol–water partition coefficient (Wildman–Crippen LogP) is 2.58. The van der Waals surface area contributed by atoms with E-state index in [1.807, 2.05) is 27.7 Å². The van der Waals surface area contributed by atoms with Crippen molar-refractivity contribution in [3.63, 3.8) is 0 Å². The standard InChI is InChI=1S/C22H26FN3O2P.C2H6.CH3.K/c1-6-16(13(4)19-10-9-18(23)14(5)25-19)20(29)17(12(2)3)8-7-15-11-24-22(28)26-21(15)27;1-2;;/h8-11,13,16,29H,6H2,1-5H3,(H2,24,26,27,28);1-2H3;1H3;/q-1;;-1;+1. The van der Waals surface area contributed by atoms with E-state index in [1.165, 1.54) is 12.3 Å².